The van der Waals surface area contributed by atoms with Crippen molar-refractivity contribution < 1.29 is 4.74 Å². The Bertz CT molecular complexity index is 217. The lowest BCUT2D eigenvalue weighted by molar-refractivity contribution is 0.125. The van der Waals surface area contributed by atoms with E-state index in [4.69, 9.17) is 17.6 Å². The quantitative estimate of drug-likeness (QED) is 0.318. The Hall–Kier alpha value is -0.920. The van der Waals surface area contributed by atoms with Gasteiger partial charge in [0.2, 0.25) is 0 Å². The Morgan fingerprint density at radius 1 is 0.526 bits per heavy atom. The van der Waals surface area contributed by atoms with Crippen LogP contribution >= 0.6 is 0 Å². The molecule has 1 heteroatoms. The zero-order valence-corrected chi connectivity index (χ0v) is 12.5. The Morgan fingerprint density at radius 2 is 0.895 bits per heavy atom. The van der Waals surface area contributed by atoms with Gasteiger partial charge in [-0.3, -0.25) is 0 Å². The van der Waals surface area contributed by atoms with Crippen LogP contribution in [0.25, 0.3) is 0 Å². The second-order valence-electron chi connectivity index (χ2n) is 5.06. The van der Waals surface area contributed by atoms with Crippen molar-refractivity contribution in [1.82, 2.24) is 0 Å². The molecule has 0 fully saturated rings. The summed E-state index contributed by atoms with van der Waals surface area (Å²) < 4.78 is 5.62. The maximum atomic E-state index is 5.62. The summed E-state index contributed by atoms with van der Waals surface area (Å²) in [7, 11) is 0. The standard InChI is InChI=1S/C18H30O/c1-3-5-7-9-11-13-15-17-19-18-16-14-12-10-8-6-4-2/h1-2H,5-18H2. The fourth-order valence-corrected chi connectivity index (χ4v) is 2.03. The molecule has 0 saturated heterocycles. The molecule has 0 aromatic carbocycles. The topological polar surface area (TPSA) is 9.23 Å². The summed E-state index contributed by atoms with van der Waals surface area (Å²) in [6.45, 7) is 1.85. The maximum absolute atomic E-state index is 5.62. The molecular weight excluding hydrogens is 232 g/mol. The molecule has 0 saturated carbocycles. The lowest BCUT2D eigenvalue weighted by Gasteiger charge is -2.04. The number of hydrogen-bond acceptors (Lipinski definition) is 1. The highest BCUT2D eigenvalue weighted by Gasteiger charge is 1.93. The average Bonchev–Trinajstić information content (AvgIpc) is 2.43. The van der Waals surface area contributed by atoms with Crippen LogP contribution in [-0.2, 0) is 4.74 Å². The summed E-state index contributed by atoms with van der Waals surface area (Å²) in [6, 6.07) is 0. The smallest absolute Gasteiger partial charge is 0.0466 e. The van der Waals surface area contributed by atoms with Crippen LogP contribution in [0, 0.1) is 24.7 Å². The highest BCUT2D eigenvalue weighted by atomic mass is 16.5. The van der Waals surface area contributed by atoms with Crippen LogP contribution < -0.4 is 0 Å². The summed E-state index contributed by atoms with van der Waals surface area (Å²) in [4.78, 5) is 0. The molecule has 0 aromatic rings. The molecule has 0 N–H and O–H groups in total. The van der Waals surface area contributed by atoms with E-state index in [1.165, 1.54) is 64.2 Å². The van der Waals surface area contributed by atoms with E-state index in [1.54, 1.807) is 0 Å². The van der Waals surface area contributed by atoms with Crippen LogP contribution in [0.3, 0.4) is 0 Å². The number of rotatable bonds is 14. The second-order valence-corrected chi connectivity index (χ2v) is 5.06. The summed E-state index contributed by atoms with van der Waals surface area (Å²) in [6.07, 6.45) is 24.7. The molecule has 0 bridgehead atoms. The third kappa shape index (κ3) is 17.1. The first kappa shape index (κ1) is 18.1. The molecule has 0 heterocycles. The largest absolute Gasteiger partial charge is 0.381 e. The van der Waals surface area contributed by atoms with Gasteiger partial charge in [0, 0.05) is 26.1 Å². The first-order valence-corrected chi connectivity index (χ1v) is 7.86. The molecule has 0 amide bonds. The second kappa shape index (κ2) is 17.1. The lowest BCUT2D eigenvalue weighted by atomic mass is 10.1. The van der Waals surface area contributed by atoms with Crippen LogP contribution in [0.5, 0.6) is 0 Å². The molecule has 0 aliphatic carbocycles. The SMILES string of the molecule is C#CCCCCCCCOCCCCCCCC#C. The highest BCUT2D eigenvalue weighted by molar-refractivity contribution is 4.83. The summed E-state index contributed by atoms with van der Waals surface area (Å²) in [5.74, 6) is 5.36. The molecule has 19 heavy (non-hydrogen) atoms. The predicted molar refractivity (Wildman–Crippen MR) is 83.9 cm³/mol. The molecule has 1 nitrogen and oxygen atoms in total. The Kier molecular flexibility index (Phi) is 16.3. The van der Waals surface area contributed by atoms with Crippen molar-refractivity contribution >= 4 is 0 Å². The number of hydrogen-bond donors (Lipinski definition) is 0. The summed E-state index contributed by atoms with van der Waals surface area (Å²) in [5, 5.41) is 0. The van der Waals surface area contributed by atoms with Crippen molar-refractivity contribution in [3.63, 3.8) is 0 Å². The summed E-state index contributed by atoms with van der Waals surface area (Å²) >= 11 is 0. The number of unbranched alkanes of at least 4 members (excludes halogenated alkanes) is 10. The van der Waals surface area contributed by atoms with Gasteiger partial charge in [-0.1, -0.05) is 38.5 Å². The van der Waals surface area contributed by atoms with Gasteiger partial charge < -0.3 is 4.74 Å². The highest BCUT2D eigenvalue weighted by Crippen LogP contribution is 2.07. The first-order valence-electron chi connectivity index (χ1n) is 7.86. The van der Waals surface area contributed by atoms with Crippen molar-refractivity contribution in [3.05, 3.63) is 0 Å². The molecular formula is C18H30O. The lowest BCUT2D eigenvalue weighted by Crippen LogP contribution is -1.97. The third-order valence-corrected chi connectivity index (χ3v) is 3.22. The molecule has 0 radical (unpaired) electrons. The van der Waals surface area contributed by atoms with Crippen molar-refractivity contribution in [2.75, 3.05) is 13.2 Å². The van der Waals surface area contributed by atoms with E-state index in [-0.39, 0.29) is 0 Å². The van der Waals surface area contributed by atoms with Gasteiger partial charge in [0.1, 0.15) is 0 Å². The summed E-state index contributed by atoms with van der Waals surface area (Å²) in [5.41, 5.74) is 0. The van der Waals surface area contributed by atoms with E-state index in [0.29, 0.717) is 0 Å². The molecule has 0 rings (SSSR count). The van der Waals surface area contributed by atoms with Gasteiger partial charge >= 0.3 is 0 Å². The number of ether oxygens (including phenoxy) is 1. The molecule has 0 aromatic heterocycles. The molecule has 0 atom stereocenters. The molecule has 108 valence electrons. The molecule has 0 spiro atoms. The van der Waals surface area contributed by atoms with Crippen LogP contribution in [0.15, 0.2) is 0 Å². The van der Waals surface area contributed by atoms with Crippen molar-refractivity contribution in [1.29, 1.82) is 0 Å². The van der Waals surface area contributed by atoms with Gasteiger partial charge in [0.25, 0.3) is 0 Å². The average molecular weight is 262 g/mol. The fourth-order valence-electron chi connectivity index (χ4n) is 2.03. The van der Waals surface area contributed by atoms with Gasteiger partial charge in [-0.15, -0.1) is 24.7 Å². The van der Waals surface area contributed by atoms with Gasteiger partial charge in [0.15, 0.2) is 0 Å². The van der Waals surface area contributed by atoms with Crippen molar-refractivity contribution in [2.24, 2.45) is 0 Å². The van der Waals surface area contributed by atoms with E-state index in [1.807, 2.05) is 0 Å². The zero-order chi connectivity index (χ0) is 14.0. The van der Waals surface area contributed by atoms with Gasteiger partial charge in [-0.25, -0.2) is 0 Å². The molecule has 0 unspecified atom stereocenters. The normalized spacial score (nSPS) is 10.0. The monoisotopic (exact) mass is 262 g/mol. The minimum absolute atomic E-state index is 0.923. The maximum Gasteiger partial charge on any atom is 0.0466 e. The van der Waals surface area contributed by atoms with Crippen LogP contribution in [-0.4, -0.2) is 13.2 Å². The Labute approximate surface area is 120 Å². The van der Waals surface area contributed by atoms with Crippen LogP contribution in [0.2, 0.25) is 0 Å². The van der Waals surface area contributed by atoms with Gasteiger partial charge in [0.05, 0.1) is 0 Å². The van der Waals surface area contributed by atoms with E-state index < -0.39 is 0 Å². The Balaban J connectivity index is 2.92. The predicted octanol–water partition coefficient (Wildman–Crippen LogP) is 4.95. The first-order chi connectivity index (χ1) is 9.41. The van der Waals surface area contributed by atoms with E-state index in [2.05, 4.69) is 11.8 Å². The van der Waals surface area contributed by atoms with Crippen LogP contribution in [0.1, 0.15) is 77.0 Å². The van der Waals surface area contributed by atoms with Crippen molar-refractivity contribution in [2.45, 2.75) is 77.0 Å². The van der Waals surface area contributed by atoms with Gasteiger partial charge in [-0.2, -0.15) is 0 Å². The van der Waals surface area contributed by atoms with Gasteiger partial charge in [-0.05, 0) is 25.7 Å². The molecule has 0 aliphatic rings. The number of terminal acetylenes is 2. The van der Waals surface area contributed by atoms with E-state index >= 15 is 0 Å². The van der Waals surface area contributed by atoms with Crippen molar-refractivity contribution in [3.8, 4) is 24.7 Å². The van der Waals surface area contributed by atoms with E-state index in [9.17, 15) is 0 Å². The van der Waals surface area contributed by atoms with Crippen LogP contribution in [0.4, 0.5) is 0 Å². The Morgan fingerprint density at radius 3 is 1.32 bits per heavy atom. The zero-order valence-electron chi connectivity index (χ0n) is 12.5. The molecule has 0 aliphatic heterocycles. The fraction of sp³-hybridized carbons (Fsp3) is 0.778. The minimum atomic E-state index is 0.923. The minimum Gasteiger partial charge on any atom is -0.381 e. The van der Waals surface area contributed by atoms with E-state index in [0.717, 1.165) is 26.1 Å². The third-order valence-electron chi connectivity index (χ3n) is 3.22.